The number of halogens is 1. The number of amides is 2. The number of ether oxygens (including phenoxy) is 1. The average molecular weight is 465 g/mol. The van der Waals surface area contributed by atoms with Crippen LogP contribution in [0, 0.1) is 19.7 Å². The molecule has 2 amide bonds. The molecule has 3 aromatic rings. The van der Waals surface area contributed by atoms with E-state index in [1.807, 2.05) is 18.7 Å². The number of aryl methyl sites for hydroxylation is 1. The van der Waals surface area contributed by atoms with Crippen LogP contribution in [0.1, 0.15) is 51.9 Å². The summed E-state index contributed by atoms with van der Waals surface area (Å²) >= 11 is 0. The Morgan fingerprint density at radius 2 is 1.71 bits per heavy atom. The van der Waals surface area contributed by atoms with Gasteiger partial charge in [-0.2, -0.15) is 5.10 Å². The van der Waals surface area contributed by atoms with E-state index in [4.69, 9.17) is 4.74 Å². The Morgan fingerprint density at radius 3 is 2.32 bits per heavy atom. The van der Waals surface area contributed by atoms with E-state index in [2.05, 4.69) is 10.4 Å². The number of carbonyl (C=O) groups excluding carboxylic acids is 2. The average Bonchev–Trinajstić information content (AvgIpc) is 3.14. The minimum atomic E-state index is -0.324. The molecule has 0 radical (unpaired) electrons. The standard InChI is InChI=1S/C26H29FN4O3/c1-4-34-23-11-5-19(6-12-23)26(33)30-15-13-21(14-16-30)28-25(32)24-17(2)29-31(18(24)3)22-9-7-20(27)8-10-22/h5-12,21H,4,13-16H2,1-3H3,(H,28,32). The van der Waals surface area contributed by atoms with Gasteiger partial charge in [-0.25, -0.2) is 9.07 Å². The summed E-state index contributed by atoms with van der Waals surface area (Å²) in [6.45, 7) is 7.27. The van der Waals surface area contributed by atoms with Crippen molar-refractivity contribution in [1.29, 1.82) is 0 Å². The zero-order chi connectivity index (χ0) is 24.2. The van der Waals surface area contributed by atoms with Gasteiger partial charge in [-0.05, 0) is 82.1 Å². The predicted octanol–water partition coefficient (Wildman–Crippen LogP) is 4.06. The Bertz CT molecular complexity index is 1160. The summed E-state index contributed by atoms with van der Waals surface area (Å²) in [6.07, 6.45) is 1.36. The molecule has 2 heterocycles. The molecule has 0 spiro atoms. The quantitative estimate of drug-likeness (QED) is 0.597. The van der Waals surface area contributed by atoms with Gasteiger partial charge in [0.2, 0.25) is 0 Å². The third-order valence-electron chi connectivity index (χ3n) is 6.12. The molecule has 1 aliphatic heterocycles. The second-order valence-electron chi connectivity index (χ2n) is 8.43. The van der Waals surface area contributed by atoms with Crippen LogP contribution in [-0.4, -0.2) is 52.2 Å². The third kappa shape index (κ3) is 4.95. The fourth-order valence-corrected chi connectivity index (χ4v) is 4.33. The zero-order valence-corrected chi connectivity index (χ0v) is 19.7. The van der Waals surface area contributed by atoms with Gasteiger partial charge in [0.25, 0.3) is 11.8 Å². The number of nitrogens with one attached hydrogen (secondary N) is 1. The number of piperidine rings is 1. The molecule has 0 saturated carbocycles. The number of likely N-dealkylation sites (tertiary alicyclic amines) is 1. The Balaban J connectivity index is 1.36. The first-order valence-electron chi connectivity index (χ1n) is 11.5. The molecular weight excluding hydrogens is 435 g/mol. The monoisotopic (exact) mass is 464 g/mol. The van der Waals surface area contributed by atoms with E-state index in [9.17, 15) is 14.0 Å². The SMILES string of the molecule is CCOc1ccc(C(=O)N2CCC(NC(=O)c3c(C)nn(-c4ccc(F)cc4)c3C)CC2)cc1. The van der Waals surface area contributed by atoms with Crippen LogP contribution in [0.25, 0.3) is 5.69 Å². The molecule has 34 heavy (non-hydrogen) atoms. The molecule has 0 aliphatic carbocycles. The molecular formula is C26H29FN4O3. The Kier molecular flexibility index (Phi) is 6.95. The molecule has 0 atom stereocenters. The van der Waals surface area contributed by atoms with Crippen molar-refractivity contribution >= 4 is 11.8 Å². The van der Waals surface area contributed by atoms with Gasteiger partial charge in [-0.1, -0.05) is 0 Å². The summed E-state index contributed by atoms with van der Waals surface area (Å²) in [7, 11) is 0. The first kappa shape index (κ1) is 23.5. The van der Waals surface area contributed by atoms with Gasteiger partial charge in [0.05, 0.1) is 29.2 Å². The van der Waals surface area contributed by atoms with Crippen LogP contribution in [0.15, 0.2) is 48.5 Å². The van der Waals surface area contributed by atoms with Crippen LogP contribution in [0.2, 0.25) is 0 Å². The van der Waals surface area contributed by atoms with Gasteiger partial charge in [-0.3, -0.25) is 9.59 Å². The fourth-order valence-electron chi connectivity index (χ4n) is 4.33. The summed E-state index contributed by atoms with van der Waals surface area (Å²) in [5.74, 6) is 0.226. The lowest BCUT2D eigenvalue weighted by molar-refractivity contribution is 0.0698. The maximum absolute atomic E-state index is 13.3. The molecule has 1 aromatic heterocycles. The van der Waals surface area contributed by atoms with Gasteiger partial charge in [-0.15, -0.1) is 0 Å². The van der Waals surface area contributed by atoms with Crippen molar-refractivity contribution in [2.75, 3.05) is 19.7 Å². The number of benzene rings is 2. The highest BCUT2D eigenvalue weighted by Gasteiger charge is 2.27. The van der Waals surface area contributed by atoms with Gasteiger partial charge in [0.1, 0.15) is 11.6 Å². The second-order valence-corrected chi connectivity index (χ2v) is 8.43. The highest BCUT2D eigenvalue weighted by Crippen LogP contribution is 2.21. The molecule has 0 unspecified atom stereocenters. The molecule has 7 nitrogen and oxygen atoms in total. The molecule has 1 N–H and O–H groups in total. The number of rotatable bonds is 6. The molecule has 2 aromatic carbocycles. The lowest BCUT2D eigenvalue weighted by atomic mass is 10.0. The fraction of sp³-hybridized carbons (Fsp3) is 0.346. The van der Waals surface area contributed by atoms with Crippen molar-refractivity contribution in [2.45, 2.75) is 39.7 Å². The van der Waals surface area contributed by atoms with E-state index in [-0.39, 0.29) is 23.7 Å². The predicted molar refractivity (Wildman–Crippen MR) is 127 cm³/mol. The highest BCUT2D eigenvalue weighted by molar-refractivity contribution is 5.97. The molecule has 1 fully saturated rings. The van der Waals surface area contributed by atoms with Gasteiger partial charge in [0, 0.05) is 24.7 Å². The maximum Gasteiger partial charge on any atom is 0.255 e. The normalized spacial score (nSPS) is 14.2. The molecule has 8 heteroatoms. The molecule has 178 valence electrons. The van der Waals surface area contributed by atoms with Crippen molar-refractivity contribution in [3.63, 3.8) is 0 Å². The Morgan fingerprint density at radius 1 is 1.06 bits per heavy atom. The summed E-state index contributed by atoms with van der Waals surface area (Å²) in [4.78, 5) is 27.7. The van der Waals surface area contributed by atoms with E-state index in [0.29, 0.717) is 60.7 Å². The van der Waals surface area contributed by atoms with Crippen molar-refractivity contribution in [3.8, 4) is 11.4 Å². The van der Waals surface area contributed by atoms with Gasteiger partial charge >= 0.3 is 0 Å². The van der Waals surface area contributed by atoms with Crippen LogP contribution in [0.5, 0.6) is 5.75 Å². The van der Waals surface area contributed by atoms with Crippen LogP contribution in [0.3, 0.4) is 0 Å². The summed E-state index contributed by atoms with van der Waals surface area (Å²) in [6, 6.07) is 13.2. The Hall–Kier alpha value is -3.68. The summed E-state index contributed by atoms with van der Waals surface area (Å²) in [5, 5.41) is 7.59. The zero-order valence-electron chi connectivity index (χ0n) is 19.7. The van der Waals surface area contributed by atoms with Crippen molar-refractivity contribution in [2.24, 2.45) is 0 Å². The van der Waals surface area contributed by atoms with Crippen molar-refractivity contribution in [1.82, 2.24) is 20.0 Å². The molecule has 0 bridgehead atoms. The third-order valence-corrected chi connectivity index (χ3v) is 6.12. The summed E-state index contributed by atoms with van der Waals surface area (Å²) in [5.41, 5.74) is 3.16. The maximum atomic E-state index is 13.3. The smallest absolute Gasteiger partial charge is 0.255 e. The Labute approximate surface area is 198 Å². The summed E-state index contributed by atoms with van der Waals surface area (Å²) < 4.78 is 20.4. The van der Waals surface area contributed by atoms with Crippen molar-refractivity contribution in [3.05, 3.63) is 76.9 Å². The van der Waals surface area contributed by atoms with Crippen LogP contribution >= 0.6 is 0 Å². The first-order valence-corrected chi connectivity index (χ1v) is 11.5. The van der Waals surface area contributed by atoms with Crippen molar-refractivity contribution < 1.29 is 18.7 Å². The van der Waals surface area contributed by atoms with E-state index in [1.165, 1.54) is 12.1 Å². The minimum absolute atomic E-state index is 0.0138. The number of nitrogens with zero attached hydrogens (tertiary/aromatic N) is 3. The number of aromatic nitrogens is 2. The largest absolute Gasteiger partial charge is 0.494 e. The van der Waals surface area contributed by atoms with E-state index in [1.54, 1.807) is 48.0 Å². The topological polar surface area (TPSA) is 76.5 Å². The van der Waals surface area contributed by atoms with Gasteiger partial charge < -0.3 is 15.0 Å². The number of carbonyl (C=O) groups is 2. The van der Waals surface area contributed by atoms with E-state index in [0.717, 1.165) is 5.75 Å². The second kappa shape index (κ2) is 10.1. The number of hydrogen-bond donors (Lipinski definition) is 1. The van der Waals surface area contributed by atoms with E-state index >= 15 is 0 Å². The highest BCUT2D eigenvalue weighted by atomic mass is 19.1. The lowest BCUT2D eigenvalue weighted by Crippen LogP contribution is -2.46. The lowest BCUT2D eigenvalue weighted by Gasteiger charge is -2.32. The van der Waals surface area contributed by atoms with E-state index < -0.39 is 0 Å². The number of hydrogen-bond acceptors (Lipinski definition) is 4. The molecule has 1 aliphatic rings. The molecule has 4 rings (SSSR count). The minimum Gasteiger partial charge on any atom is -0.494 e. The van der Waals surface area contributed by atoms with Crippen LogP contribution in [0.4, 0.5) is 4.39 Å². The van der Waals surface area contributed by atoms with Gasteiger partial charge in [0.15, 0.2) is 0 Å². The van der Waals surface area contributed by atoms with Crippen LogP contribution < -0.4 is 10.1 Å². The molecule has 1 saturated heterocycles. The first-order chi connectivity index (χ1) is 16.4. The van der Waals surface area contributed by atoms with Crippen LogP contribution in [-0.2, 0) is 0 Å².